The topological polar surface area (TPSA) is 49.8 Å². The van der Waals surface area contributed by atoms with Crippen molar-refractivity contribution >= 4 is 16.7 Å². The molecule has 3 aromatic rings. The van der Waals surface area contributed by atoms with Gasteiger partial charge in [-0.1, -0.05) is 54.1 Å². The molecule has 27 heavy (non-hydrogen) atoms. The number of amides is 1. The number of hydrogen-bond acceptors (Lipinski definition) is 3. The summed E-state index contributed by atoms with van der Waals surface area (Å²) in [5.41, 5.74) is 4.24. The normalized spacial score (nSPS) is 17.3. The molecular formula is C23H23NO3. The molecule has 4 rings (SSSR count). The molecule has 0 aliphatic carbocycles. The van der Waals surface area contributed by atoms with E-state index in [9.17, 15) is 9.90 Å². The number of rotatable bonds is 3. The molecule has 1 amide bonds. The largest absolute Gasteiger partial charge is 0.394 e. The highest BCUT2D eigenvalue weighted by molar-refractivity contribution is 6.02. The van der Waals surface area contributed by atoms with Gasteiger partial charge in [-0.05, 0) is 41.0 Å². The van der Waals surface area contributed by atoms with Crippen molar-refractivity contribution in [3.05, 3.63) is 71.8 Å². The summed E-state index contributed by atoms with van der Waals surface area (Å²) in [6.45, 7) is 3.46. The van der Waals surface area contributed by atoms with Gasteiger partial charge in [0.1, 0.15) is 0 Å². The fraction of sp³-hybridized carbons (Fsp3) is 0.261. The zero-order chi connectivity index (χ0) is 18.8. The van der Waals surface area contributed by atoms with Gasteiger partial charge in [-0.3, -0.25) is 4.79 Å². The number of aryl methyl sites for hydroxylation is 1. The van der Waals surface area contributed by atoms with E-state index in [4.69, 9.17) is 4.74 Å². The molecule has 3 aromatic carbocycles. The molecule has 0 bridgehead atoms. The Morgan fingerprint density at radius 1 is 1.15 bits per heavy atom. The molecule has 0 radical (unpaired) electrons. The third-order valence-corrected chi connectivity index (χ3v) is 5.09. The second-order valence-corrected chi connectivity index (χ2v) is 7.04. The van der Waals surface area contributed by atoms with Crippen molar-refractivity contribution < 1.29 is 14.6 Å². The van der Waals surface area contributed by atoms with Gasteiger partial charge in [0.15, 0.2) is 0 Å². The maximum absolute atomic E-state index is 12.9. The van der Waals surface area contributed by atoms with Gasteiger partial charge < -0.3 is 14.7 Å². The van der Waals surface area contributed by atoms with E-state index in [1.165, 1.54) is 16.7 Å². The lowest BCUT2D eigenvalue weighted by molar-refractivity contribution is -0.0447. The Kier molecular flexibility index (Phi) is 4.92. The van der Waals surface area contributed by atoms with E-state index in [2.05, 4.69) is 37.3 Å². The average Bonchev–Trinajstić information content (AvgIpc) is 2.72. The fourth-order valence-corrected chi connectivity index (χ4v) is 3.68. The molecule has 1 heterocycles. The molecule has 0 spiro atoms. The highest BCUT2D eigenvalue weighted by Crippen LogP contribution is 2.30. The number of nitrogens with zero attached hydrogens (tertiary/aromatic N) is 1. The molecule has 4 heteroatoms. The van der Waals surface area contributed by atoms with Gasteiger partial charge >= 0.3 is 0 Å². The summed E-state index contributed by atoms with van der Waals surface area (Å²) in [6.07, 6.45) is -0.295. The van der Waals surface area contributed by atoms with Crippen LogP contribution in [0.25, 0.3) is 21.9 Å². The fourth-order valence-electron chi connectivity index (χ4n) is 3.68. The Bertz CT molecular complexity index is 982. The van der Waals surface area contributed by atoms with Crippen LogP contribution >= 0.6 is 0 Å². The van der Waals surface area contributed by atoms with E-state index in [-0.39, 0.29) is 18.6 Å². The monoisotopic (exact) mass is 361 g/mol. The number of hydrogen-bond donors (Lipinski definition) is 1. The quantitative estimate of drug-likeness (QED) is 0.775. The number of aliphatic hydroxyl groups excluding tert-OH is 1. The summed E-state index contributed by atoms with van der Waals surface area (Å²) in [6, 6.07) is 20.5. The first-order valence-corrected chi connectivity index (χ1v) is 9.27. The van der Waals surface area contributed by atoms with E-state index < -0.39 is 0 Å². The van der Waals surface area contributed by atoms with E-state index >= 15 is 0 Å². The van der Waals surface area contributed by atoms with Crippen LogP contribution < -0.4 is 0 Å². The Morgan fingerprint density at radius 2 is 2.00 bits per heavy atom. The first-order chi connectivity index (χ1) is 13.2. The highest BCUT2D eigenvalue weighted by Gasteiger charge is 2.24. The second kappa shape index (κ2) is 7.51. The number of ether oxygens (including phenoxy) is 1. The van der Waals surface area contributed by atoms with E-state index in [1.54, 1.807) is 4.90 Å². The summed E-state index contributed by atoms with van der Waals surface area (Å²) < 4.78 is 5.44. The Morgan fingerprint density at radius 3 is 2.81 bits per heavy atom. The third-order valence-electron chi connectivity index (χ3n) is 5.09. The van der Waals surface area contributed by atoms with Gasteiger partial charge in [-0.2, -0.15) is 0 Å². The zero-order valence-corrected chi connectivity index (χ0v) is 15.4. The SMILES string of the molecule is Cc1cccc(-c2cccc3cc(C(=O)N4CCO[C@@H](CO)C4)ccc23)c1. The molecule has 1 N–H and O–H groups in total. The lowest BCUT2D eigenvalue weighted by Crippen LogP contribution is -2.46. The molecule has 1 fully saturated rings. The molecule has 4 nitrogen and oxygen atoms in total. The van der Waals surface area contributed by atoms with Crippen LogP contribution in [0, 0.1) is 6.92 Å². The van der Waals surface area contributed by atoms with Crippen LogP contribution in [-0.4, -0.2) is 48.3 Å². The maximum Gasteiger partial charge on any atom is 0.254 e. The Balaban J connectivity index is 1.68. The van der Waals surface area contributed by atoms with Crippen molar-refractivity contribution in [1.29, 1.82) is 0 Å². The summed E-state index contributed by atoms with van der Waals surface area (Å²) in [4.78, 5) is 14.7. The lowest BCUT2D eigenvalue weighted by Gasteiger charge is -2.32. The molecule has 1 aliphatic heterocycles. The van der Waals surface area contributed by atoms with Gasteiger partial charge in [-0.15, -0.1) is 0 Å². The number of carbonyl (C=O) groups excluding carboxylic acids is 1. The van der Waals surface area contributed by atoms with E-state index in [0.29, 0.717) is 25.3 Å². The van der Waals surface area contributed by atoms with Crippen molar-refractivity contribution in [3.63, 3.8) is 0 Å². The van der Waals surface area contributed by atoms with Crippen LogP contribution in [-0.2, 0) is 4.74 Å². The molecule has 1 atom stereocenters. The molecule has 0 aromatic heterocycles. The van der Waals surface area contributed by atoms with Crippen LogP contribution in [0.4, 0.5) is 0 Å². The Hall–Kier alpha value is -2.69. The van der Waals surface area contributed by atoms with Crippen LogP contribution in [0.1, 0.15) is 15.9 Å². The van der Waals surface area contributed by atoms with Crippen LogP contribution in [0.2, 0.25) is 0 Å². The van der Waals surface area contributed by atoms with Gasteiger partial charge in [0.2, 0.25) is 0 Å². The van der Waals surface area contributed by atoms with Gasteiger partial charge in [0, 0.05) is 18.7 Å². The van der Waals surface area contributed by atoms with E-state index in [1.807, 2.05) is 30.3 Å². The third kappa shape index (κ3) is 3.59. The predicted molar refractivity (Wildman–Crippen MR) is 107 cm³/mol. The van der Waals surface area contributed by atoms with Gasteiger partial charge in [-0.25, -0.2) is 0 Å². The van der Waals surface area contributed by atoms with Crippen molar-refractivity contribution in [2.75, 3.05) is 26.3 Å². The second-order valence-electron chi connectivity index (χ2n) is 7.04. The molecule has 1 saturated heterocycles. The summed E-state index contributed by atoms with van der Waals surface area (Å²) in [5.74, 6) is -0.0143. The first-order valence-electron chi connectivity index (χ1n) is 9.27. The first kappa shape index (κ1) is 17.7. The zero-order valence-electron chi connectivity index (χ0n) is 15.4. The highest BCUT2D eigenvalue weighted by atomic mass is 16.5. The number of morpholine rings is 1. The molecule has 0 unspecified atom stereocenters. The van der Waals surface area contributed by atoms with Crippen molar-refractivity contribution in [3.8, 4) is 11.1 Å². The smallest absolute Gasteiger partial charge is 0.254 e. The number of aliphatic hydroxyl groups is 1. The van der Waals surface area contributed by atoms with Crippen LogP contribution in [0.15, 0.2) is 60.7 Å². The number of fused-ring (bicyclic) bond motifs is 1. The minimum absolute atomic E-state index is 0.0143. The average molecular weight is 361 g/mol. The predicted octanol–water partition coefficient (Wildman–Crippen LogP) is 3.65. The van der Waals surface area contributed by atoms with Crippen molar-refractivity contribution in [2.24, 2.45) is 0 Å². The summed E-state index contributed by atoms with van der Waals surface area (Å²) >= 11 is 0. The van der Waals surface area contributed by atoms with Crippen LogP contribution in [0.5, 0.6) is 0 Å². The van der Waals surface area contributed by atoms with Gasteiger partial charge in [0.05, 0.1) is 19.3 Å². The number of carbonyl (C=O) groups is 1. The molecule has 1 aliphatic rings. The van der Waals surface area contributed by atoms with Crippen molar-refractivity contribution in [1.82, 2.24) is 4.90 Å². The lowest BCUT2D eigenvalue weighted by atomic mass is 9.96. The number of benzene rings is 3. The molecule has 138 valence electrons. The van der Waals surface area contributed by atoms with Gasteiger partial charge in [0.25, 0.3) is 5.91 Å². The van der Waals surface area contributed by atoms with Crippen molar-refractivity contribution in [2.45, 2.75) is 13.0 Å². The molecule has 0 saturated carbocycles. The Labute approximate surface area is 159 Å². The van der Waals surface area contributed by atoms with E-state index in [0.717, 1.165) is 10.8 Å². The minimum atomic E-state index is -0.295. The summed E-state index contributed by atoms with van der Waals surface area (Å²) in [5, 5.41) is 11.5. The summed E-state index contributed by atoms with van der Waals surface area (Å²) in [7, 11) is 0. The standard InChI is InChI=1S/C23H23NO3/c1-16-4-2-5-17(12-16)21-7-3-6-18-13-19(8-9-22(18)21)23(26)24-10-11-27-20(14-24)15-25/h2-9,12-13,20,25H,10-11,14-15H2,1H3/t20-/m1/s1. The molecular weight excluding hydrogens is 338 g/mol. The minimum Gasteiger partial charge on any atom is -0.394 e. The van der Waals surface area contributed by atoms with Crippen LogP contribution in [0.3, 0.4) is 0 Å². The maximum atomic E-state index is 12.9.